The van der Waals surface area contributed by atoms with E-state index in [0.717, 1.165) is 0 Å². The van der Waals surface area contributed by atoms with E-state index in [0.29, 0.717) is 0 Å². The Bertz CT molecular complexity index is 212. The van der Waals surface area contributed by atoms with Gasteiger partial charge in [0, 0.05) is 12.1 Å². The highest BCUT2D eigenvalue weighted by molar-refractivity contribution is 6.42. The lowest BCUT2D eigenvalue weighted by Gasteiger charge is -1.98. The highest BCUT2D eigenvalue weighted by Gasteiger charge is 2.03. The number of hydrogen-bond acceptors (Lipinski definition) is 2. The summed E-state index contributed by atoms with van der Waals surface area (Å²) in [5, 5.41) is 18.1. The lowest BCUT2D eigenvalue weighted by Crippen LogP contribution is -1.70. The van der Waals surface area contributed by atoms with Gasteiger partial charge < -0.3 is 10.2 Å². The summed E-state index contributed by atoms with van der Waals surface area (Å²) in [4.78, 5) is 0. The van der Waals surface area contributed by atoms with Crippen molar-refractivity contribution in [3.05, 3.63) is 22.2 Å². The van der Waals surface area contributed by atoms with E-state index >= 15 is 0 Å². The minimum absolute atomic E-state index is 0. The third-order valence-electron chi connectivity index (χ3n) is 1.02. The molecule has 0 unspecified atom stereocenters. The molecule has 0 amide bonds. The summed E-state index contributed by atoms with van der Waals surface area (Å²) in [7, 11) is 0. The Morgan fingerprint density at radius 2 is 1.18 bits per heavy atom. The number of hydrogen-bond donors (Lipinski definition) is 2. The summed E-state index contributed by atoms with van der Waals surface area (Å²) in [6.07, 6.45) is 0. The summed E-state index contributed by atoms with van der Waals surface area (Å²) in [5.41, 5.74) is 0. The van der Waals surface area contributed by atoms with Crippen molar-refractivity contribution in [3.63, 3.8) is 0 Å². The van der Waals surface area contributed by atoms with Crippen molar-refractivity contribution in [3.8, 4) is 11.5 Å². The molecule has 0 saturated carbocycles. The summed E-state index contributed by atoms with van der Waals surface area (Å²) in [6.45, 7) is 0. The van der Waals surface area contributed by atoms with Gasteiger partial charge in [0.25, 0.3) is 0 Å². The van der Waals surface area contributed by atoms with Crippen LogP contribution < -0.4 is 0 Å². The quantitative estimate of drug-likeness (QED) is 0.653. The van der Waals surface area contributed by atoms with E-state index in [1.54, 1.807) is 0 Å². The molecule has 1 rings (SSSR count). The third kappa shape index (κ3) is 2.33. The lowest BCUT2D eigenvalue weighted by atomic mass is 10.3. The molecule has 1 aromatic carbocycles. The Morgan fingerprint density at radius 3 is 1.45 bits per heavy atom. The van der Waals surface area contributed by atoms with Crippen LogP contribution in [-0.4, -0.2) is 10.2 Å². The van der Waals surface area contributed by atoms with Crippen molar-refractivity contribution in [1.29, 1.82) is 0 Å². The summed E-state index contributed by atoms with van der Waals surface area (Å²) in [6, 6.07) is 2.36. The molecule has 0 aliphatic rings. The zero-order valence-electron chi connectivity index (χ0n) is 5.21. The van der Waals surface area contributed by atoms with Crippen LogP contribution in [0.15, 0.2) is 12.1 Å². The molecule has 2 N–H and O–H groups in total. The van der Waals surface area contributed by atoms with Crippen LogP contribution in [-0.2, 0) is 0 Å². The van der Waals surface area contributed by atoms with Gasteiger partial charge in [0.2, 0.25) is 0 Å². The molecule has 1 aromatic rings. The SMILES string of the molecule is Cl.Oc1cc(Cl)c(Cl)cc1O. The maximum absolute atomic E-state index is 8.83. The molecule has 0 atom stereocenters. The van der Waals surface area contributed by atoms with Crippen molar-refractivity contribution in [1.82, 2.24) is 0 Å². The molecule has 0 aliphatic carbocycles. The third-order valence-corrected chi connectivity index (χ3v) is 1.74. The van der Waals surface area contributed by atoms with E-state index in [9.17, 15) is 0 Å². The van der Waals surface area contributed by atoms with Gasteiger partial charge in [-0.15, -0.1) is 12.4 Å². The van der Waals surface area contributed by atoms with Crippen LogP contribution in [0.1, 0.15) is 0 Å². The van der Waals surface area contributed by atoms with Crippen molar-refractivity contribution in [2.75, 3.05) is 0 Å². The second kappa shape index (κ2) is 3.90. The fourth-order valence-corrected chi connectivity index (χ4v) is 0.842. The van der Waals surface area contributed by atoms with E-state index in [1.807, 2.05) is 0 Å². The van der Waals surface area contributed by atoms with Crippen molar-refractivity contribution < 1.29 is 10.2 Å². The molecule has 0 bridgehead atoms. The first-order valence-corrected chi connectivity index (χ1v) is 3.24. The van der Waals surface area contributed by atoms with Gasteiger partial charge in [-0.2, -0.15) is 0 Å². The van der Waals surface area contributed by atoms with Crippen LogP contribution in [0.3, 0.4) is 0 Å². The molecule has 0 aromatic heterocycles. The van der Waals surface area contributed by atoms with Gasteiger partial charge in [-0.1, -0.05) is 23.2 Å². The molecule has 0 heterocycles. The molecule has 0 aliphatic heterocycles. The number of aromatic hydroxyl groups is 2. The van der Waals surface area contributed by atoms with E-state index in [2.05, 4.69) is 0 Å². The number of phenolic OH excluding ortho intramolecular Hbond substituents is 2. The highest BCUT2D eigenvalue weighted by Crippen LogP contribution is 2.33. The Labute approximate surface area is 79.8 Å². The number of benzene rings is 1. The predicted molar refractivity (Wildman–Crippen MR) is 47.0 cm³/mol. The molecule has 0 spiro atoms. The van der Waals surface area contributed by atoms with Gasteiger partial charge in [-0.3, -0.25) is 0 Å². The second-order valence-corrected chi connectivity index (χ2v) is 2.57. The van der Waals surface area contributed by atoms with Crippen LogP contribution >= 0.6 is 35.6 Å². The molecular formula is C6H5Cl3O2. The molecule has 11 heavy (non-hydrogen) atoms. The Hall–Kier alpha value is -0.310. The predicted octanol–water partition coefficient (Wildman–Crippen LogP) is 2.83. The molecule has 0 saturated heterocycles. The van der Waals surface area contributed by atoms with E-state index in [4.69, 9.17) is 33.4 Å². The van der Waals surface area contributed by atoms with E-state index < -0.39 is 0 Å². The van der Waals surface area contributed by atoms with Gasteiger partial charge in [-0.05, 0) is 0 Å². The normalized spacial score (nSPS) is 8.91. The molecule has 0 radical (unpaired) electrons. The van der Waals surface area contributed by atoms with Crippen molar-refractivity contribution >= 4 is 35.6 Å². The molecule has 62 valence electrons. The van der Waals surface area contributed by atoms with E-state index in [1.165, 1.54) is 12.1 Å². The Morgan fingerprint density at radius 1 is 0.909 bits per heavy atom. The van der Waals surface area contributed by atoms with Crippen LogP contribution in [0.4, 0.5) is 0 Å². The maximum Gasteiger partial charge on any atom is 0.159 e. The van der Waals surface area contributed by atoms with Crippen LogP contribution in [0.2, 0.25) is 10.0 Å². The van der Waals surface area contributed by atoms with Gasteiger partial charge in [0.05, 0.1) is 10.0 Å². The van der Waals surface area contributed by atoms with Gasteiger partial charge in [0.1, 0.15) is 0 Å². The molecule has 0 fully saturated rings. The minimum Gasteiger partial charge on any atom is -0.504 e. The maximum atomic E-state index is 8.83. The summed E-state index contributed by atoms with van der Waals surface area (Å²) in [5.74, 6) is -0.538. The zero-order valence-corrected chi connectivity index (χ0v) is 7.54. The van der Waals surface area contributed by atoms with Crippen molar-refractivity contribution in [2.45, 2.75) is 0 Å². The average molecular weight is 215 g/mol. The first-order chi connectivity index (χ1) is 4.61. The first-order valence-electron chi connectivity index (χ1n) is 2.48. The van der Waals surface area contributed by atoms with Crippen molar-refractivity contribution in [2.24, 2.45) is 0 Å². The fourth-order valence-electron chi connectivity index (χ4n) is 0.526. The standard InChI is InChI=1S/C6H4Cl2O2.ClH/c7-3-1-5(9)6(10)2-4(3)8;/h1-2,9-10H;1H. The zero-order chi connectivity index (χ0) is 7.72. The minimum atomic E-state index is -0.269. The topological polar surface area (TPSA) is 40.5 Å². The number of rotatable bonds is 0. The molecular weight excluding hydrogens is 210 g/mol. The number of halogens is 3. The van der Waals surface area contributed by atoms with E-state index in [-0.39, 0.29) is 34.0 Å². The average Bonchev–Trinajstić information content (AvgIpc) is 1.84. The summed E-state index contributed by atoms with van der Waals surface area (Å²) < 4.78 is 0. The number of phenols is 2. The first kappa shape index (κ1) is 10.7. The molecule has 5 heteroatoms. The Balaban J connectivity index is 0.000001000. The largest absolute Gasteiger partial charge is 0.504 e. The molecule has 2 nitrogen and oxygen atoms in total. The van der Waals surface area contributed by atoms with Gasteiger partial charge >= 0.3 is 0 Å². The summed E-state index contributed by atoms with van der Waals surface area (Å²) >= 11 is 11.0. The Kier molecular flexibility index (Phi) is 3.79. The smallest absolute Gasteiger partial charge is 0.159 e. The van der Waals surface area contributed by atoms with Gasteiger partial charge in [-0.25, -0.2) is 0 Å². The van der Waals surface area contributed by atoms with Gasteiger partial charge in [0.15, 0.2) is 11.5 Å². The van der Waals surface area contributed by atoms with Crippen LogP contribution in [0, 0.1) is 0 Å². The highest BCUT2D eigenvalue weighted by atomic mass is 35.5. The fraction of sp³-hybridized carbons (Fsp3) is 0. The monoisotopic (exact) mass is 214 g/mol. The lowest BCUT2D eigenvalue weighted by molar-refractivity contribution is 0.404. The second-order valence-electron chi connectivity index (χ2n) is 1.76. The van der Waals surface area contributed by atoms with Crippen LogP contribution in [0.5, 0.6) is 11.5 Å². The van der Waals surface area contributed by atoms with Crippen LogP contribution in [0.25, 0.3) is 0 Å².